The van der Waals surface area contributed by atoms with Crippen LogP contribution in [0.2, 0.25) is 0 Å². The number of hydrogen-bond acceptors (Lipinski definition) is 4. The van der Waals surface area contributed by atoms with Gasteiger partial charge in [0, 0.05) is 12.8 Å². The smallest absolute Gasteiger partial charge is 1.00 e. The highest BCUT2D eigenvalue weighted by Crippen LogP contribution is 2.06. The van der Waals surface area contributed by atoms with Crippen LogP contribution in [-0.2, 0) is 9.47 Å². The van der Waals surface area contributed by atoms with E-state index in [1.807, 2.05) is 0 Å². The average Bonchev–Trinajstić information content (AvgIpc) is 2.22. The van der Waals surface area contributed by atoms with Crippen LogP contribution in [0, 0.1) is 10.8 Å². The Balaban J connectivity index is -0.000000141. The van der Waals surface area contributed by atoms with Gasteiger partial charge >= 0.3 is 2.85 Å². The van der Waals surface area contributed by atoms with Crippen LogP contribution < -0.4 is 24.8 Å². The van der Waals surface area contributed by atoms with E-state index in [-0.39, 0.29) is 27.7 Å². The molecular weight excluding hydrogens is 251 g/mol. The third-order valence-electron chi connectivity index (χ3n) is 2.05. The highest BCUT2D eigenvalue weighted by molar-refractivity contribution is 5.72. The van der Waals surface area contributed by atoms with Crippen molar-refractivity contribution in [2.45, 2.75) is 38.5 Å². The summed E-state index contributed by atoms with van der Waals surface area (Å²) in [5.74, 6) is 0.712. The molecule has 0 aliphatic heterocycles. The lowest BCUT2D eigenvalue weighted by molar-refractivity contribution is -0.00100. The van der Waals surface area contributed by atoms with Crippen LogP contribution in [0.15, 0.2) is 0 Å². The Hall–Kier alpha value is -0.480. The Morgan fingerprint density at radius 3 is 1.38 bits per heavy atom. The van der Waals surface area contributed by atoms with Gasteiger partial charge in [0.2, 0.25) is 0 Å². The van der Waals surface area contributed by atoms with Crippen LogP contribution >= 0.6 is 0 Å². The molecule has 6 heteroatoms. The summed E-state index contributed by atoms with van der Waals surface area (Å²) in [6, 6.07) is 0. The van der Waals surface area contributed by atoms with Gasteiger partial charge < -0.3 is 34.3 Å². The fourth-order valence-corrected chi connectivity index (χ4v) is 1.13. The quantitative estimate of drug-likeness (QED) is 0.292. The minimum atomic E-state index is 0. The van der Waals surface area contributed by atoms with Crippen LogP contribution in [0.5, 0.6) is 0 Å². The lowest BCUT2D eigenvalue weighted by atomic mass is 10.1. The molecule has 0 aromatic heterocycles. The van der Waals surface area contributed by atoms with Gasteiger partial charge in [0.25, 0.3) is 0 Å². The molecule has 2 N–H and O–H groups in total. The summed E-state index contributed by atoms with van der Waals surface area (Å²) in [5.41, 5.74) is 0. The second-order valence-electron chi connectivity index (χ2n) is 3.17. The average molecular weight is 273 g/mol. The van der Waals surface area contributed by atoms with E-state index >= 15 is 0 Å². The minimum absolute atomic E-state index is 0. The van der Waals surface area contributed by atoms with E-state index in [4.69, 9.17) is 20.3 Å². The molecule has 0 aromatic carbocycles. The molecule has 0 radical (unpaired) electrons. The molecule has 0 rings (SSSR count). The number of hydrogen-bond donors (Lipinski definition) is 2. The predicted molar refractivity (Wildman–Crippen MR) is 59.4 cm³/mol. The molecule has 0 unspecified atom stereocenters. The maximum atomic E-state index is 7.24. The maximum absolute atomic E-state index is 7.24. The van der Waals surface area contributed by atoms with Gasteiger partial charge in [0.15, 0.2) is 11.8 Å². The van der Waals surface area contributed by atoms with Gasteiger partial charge in [-0.1, -0.05) is 12.8 Å². The van der Waals surface area contributed by atoms with Crippen molar-refractivity contribution in [2.24, 2.45) is 0 Å². The summed E-state index contributed by atoms with van der Waals surface area (Å²) in [7, 11) is 3.06. The molecule has 0 bridgehead atoms. The summed E-state index contributed by atoms with van der Waals surface area (Å²) in [6.45, 7) is 0. The first kappa shape index (κ1) is 20.9. The molecule has 0 atom stereocenters. The number of methoxy groups -OCH3 is 2. The second-order valence-corrected chi connectivity index (χ2v) is 3.17. The molecule has 0 spiro atoms. The first-order valence-corrected chi connectivity index (χ1v) is 4.93. The summed E-state index contributed by atoms with van der Waals surface area (Å²) >= 11 is 0. The predicted octanol–water partition coefficient (Wildman–Crippen LogP) is -3.19. The largest absolute Gasteiger partial charge is 1.00 e. The topological polar surface area (TPSA) is 66.2 Å². The van der Waals surface area contributed by atoms with Crippen molar-refractivity contribution in [1.29, 1.82) is 10.8 Å². The van der Waals surface area contributed by atoms with Crippen LogP contribution in [0.1, 0.15) is 41.4 Å². The minimum Gasteiger partial charge on any atom is -1.00 e. The Morgan fingerprint density at radius 1 is 0.812 bits per heavy atom. The highest BCUT2D eigenvalue weighted by atomic mass is 35.5. The molecule has 0 aliphatic carbocycles. The van der Waals surface area contributed by atoms with Gasteiger partial charge in [-0.2, -0.15) is 0 Å². The van der Waals surface area contributed by atoms with Crippen molar-refractivity contribution in [3.63, 3.8) is 0 Å². The third kappa shape index (κ3) is 13.5. The first-order chi connectivity index (χ1) is 6.70. The monoisotopic (exact) mass is 272 g/mol. The molecule has 16 heavy (non-hydrogen) atoms. The molecule has 0 aliphatic rings. The van der Waals surface area contributed by atoms with Crippen molar-refractivity contribution in [3.8, 4) is 0 Å². The fourth-order valence-electron chi connectivity index (χ4n) is 1.13. The molecule has 0 aromatic rings. The number of unbranched alkanes of at least 4 members (excludes halogenated alkanes) is 3. The van der Waals surface area contributed by atoms with Crippen molar-refractivity contribution >= 4 is 11.8 Å². The third-order valence-corrected chi connectivity index (χ3v) is 2.05. The molecule has 4 nitrogen and oxygen atoms in total. The highest BCUT2D eigenvalue weighted by Gasteiger charge is 1.97. The van der Waals surface area contributed by atoms with E-state index < -0.39 is 0 Å². The molecule has 0 fully saturated rings. The van der Waals surface area contributed by atoms with Crippen LogP contribution in [0.25, 0.3) is 0 Å². The van der Waals surface area contributed by atoms with Gasteiger partial charge in [-0.3, -0.25) is 10.8 Å². The van der Waals surface area contributed by atoms with E-state index in [9.17, 15) is 0 Å². The second kappa shape index (κ2) is 14.5. The van der Waals surface area contributed by atoms with Gasteiger partial charge in [0.1, 0.15) is 0 Å². The van der Waals surface area contributed by atoms with E-state index in [1.54, 1.807) is 0 Å². The molecule has 0 saturated heterocycles. The van der Waals surface area contributed by atoms with Crippen molar-refractivity contribution < 1.29 is 37.1 Å². The Bertz CT molecular complexity index is 179. The van der Waals surface area contributed by atoms with Gasteiger partial charge in [-0.25, -0.2) is 0 Å². The van der Waals surface area contributed by atoms with Crippen LogP contribution in [0.3, 0.4) is 0 Å². The summed E-state index contributed by atoms with van der Waals surface area (Å²) in [6.07, 6.45) is 5.60. The molecule has 0 heterocycles. The van der Waals surface area contributed by atoms with Gasteiger partial charge in [0.05, 0.1) is 14.2 Å². The number of nitrogens with one attached hydrogen (secondary N) is 2. The SMILES string of the molecule is COC(=N)CCCCCCC(=N)OC.[Cl-].[Cl-].[H+].[H+]. The Labute approximate surface area is 113 Å². The number of ether oxygens (including phenoxy) is 2. The van der Waals surface area contributed by atoms with Crippen molar-refractivity contribution in [3.05, 3.63) is 0 Å². The van der Waals surface area contributed by atoms with Gasteiger partial charge in [-0.05, 0) is 12.8 Å². The van der Waals surface area contributed by atoms with E-state index in [0.29, 0.717) is 11.8 Å². The van der Waals surface area contributed by atoms with Crippen LogP contribution in [-0.4, -0.2) is 26.0 Å². The molecular formula is C10H22Cl2N2O2. The fraction of sp³-hybridized carbons (Fsp3) is 0.800. The standard InChI is InChI=1S/C10H20N2O2.2ClH/c1-13-9(11)7-5-3-4-6-8-10(12)14-2;;/h11-12H,3-8H2,1-2H3;2*1H. The lowest BCUT2D eigenvalue weighted by Gasteiger charge is -2.03. The zero-order valence-electron chi connectivity index (χ0n) is 11.8. The van der Waals surface area contributed by atoms with E-state index in [1.165, 1.54) is 14.2 Å². The summed E-state index contributed by atoms with van der Waals surface area (Å²) in [5, 5.41) is 14.5. The number of rotatable bonds is 7. The number of halogens is 2. The van der Waals surface area contributed by atoms with Crippen LogP contribution in [0.4, 0.5) is 0 Å². The first-order valence-electron chi connectivity index (χ1n) is 4.93. The summed E-state index contributed by atoms with van der Waals surface area (Å²) in [4.78, 5) is 0. The summed E-state index contributed by atoms with van der Waals surface area (Å²) < 4.78 is 9.48. The normalized spacial score (nSPS) is 8.38. The maximum Gasteiger partial charge on any atom is 1.00 e. The molecule has 0 saturated carbocycles. The molecule has 98 valence electrons. The Morgan fingerprint density at radius 2 is 1.12 bits per heavy atom. The van der Waals surface area contributed by atoms with Gasteiger partial charge in [-0.15, -0.1) is 0 Å². The molecule has 0 amide bonds. The van der Waals surface area contributed by atoms with Crippen molar-refractivity contribution in [2.75, 3.05) is 14.2 Å². The lowest BCUT2D eigenvalue weighted by Crippen LogP contribution is -3.00. The zero-order valence-corrected chi connectivity index (χ0v) is 11.3. The van der Waals surface area contributed by atoms with Crippen molar-refractivity contribution in [1.82, 2.24) is 0 Å². The van der Waals surface area contributed by atoms with E-state index in [0.717, 1.165) is 38.5 Å². The zero-order chi connectivity index (χ0) is 10.8. The Kier molecular flexibility index (Phi) is 18.9. The van der Waals surface area contributed by atoms with E-state index in [2.05, 4.69) is 0 Å².